The molecule has 0 aliphatic carbocycles. The first-order chi connectivity index (χ1) is 11.0. The van der Waals surface area contributed by atoms with Crippen molar-refractivity contribution in [1.82, 2.24) is 14.8 Å². The normalized spacial score (nSPS) is 10.4. The quantitative estimate of drug-likeness (QED) is 0.837. The van der Waals surface area contributed by atoms with E-state index in [1.54, 1.807) is 33.1 Å². The second-order valence-electron chi connectivity index (χ2n) is 5.17. The predicted octanol–water partition coefficient (Wildman–Crippen LogP) is 1.94. The van der Waals surface area contributed by atoms with Crippen LogP contribution in [0.4, 0.5) is 0 Å². The van der Waals surface area contributed by atoms with Crippen molar-refractivity contribution in [2.24, 2.45) is 0 Å². The van der Waals surface area contributed by atoms with E-state index in [1.807, 2.05) is 6.92 Å². The number of methoxy groups -OCH3 is 1. The number of aryl methyl sites for hydroxylation is 3. The molecule has 0 spiro atoms. The molecule has 0 atom stereocenters. The molecule has 0 bridgehead atoms. The van der Waals surface area contributed by atoms with Gasteiger partial charge in [-0.2, -0.15) is 10.4 Å². The first-order valence-corrected chi connectivity index (χ1v) is 7.05. The number of ether oxygens (including phenoxy) is 2. The number of hydrogen-bond acceptors (Lipinski definition) is 6. The van der Waals surface area contributed by atoms with Crippen molar-refractivity contribution in [2.45, 2.75) is 27.4 Å². The van der Waals surface area contributed by atoms with Gasteiger partial charge in [0.05, 0.1) is 12.3 Å². The van der Waals surface area contributed by atoms with Crippen molar-refractivity contribution in [3.8, 4) is 11.9 Å². The molecule has 2 rings (SSSR count). The van der Waals surface area contributed by atoms with Crippen LogP contribution >= 0.6 is 0 Å². The minimum absolute atomic E-state index is 0.134. The second kappa shape index (κ2) is 7.03. The lowest BCUT2D eigenvalue weighted by Crippen LogP contribution is -2.22. The first kappa shape index (κ1) is 16.6. The van der Waals surface area contributed by atoms with Crippen LogP contribution in [0, 0.1) is 32.1 Å². The van der Waals surface area contributed by atoms with Gasteiger partial charge in [-0.05, 0) is 32.9 Å². The summed E-state index contributed by atoms with van der Waals surface area (Å²) in [5.74, 6) is -0.189. The van der Waals surface area contributed by atoms with Crippen molar-refractivity contribution >= 4 is 5.91 Å². The molecule has 0 radical (unpaired) electrons. The summed E-state index contributed by atoms with van der Waals surface area (Å²) in [7, 11) is 1.55. The molecular formula is C16H18N4O3. The van der Waals surface area contributed by atoms with Gasteiger partial charge in [0.1, 0.15) is 11.6 Å². The third-order valence-corrected chi connectivity index (χ3v) is 3.19. The van der Waals surface area contributed by atoms with Gasteiger partial charge in [-0.3, -0.25) is 4.79 Å². The fourth-order valence-corrected chi connectivity index (χ4v) is 2.28. The zero-order valence-corrected chi connectivity index (χ0v) is 13.6. The Kier molecular flexibility index (Phi) is 5.09. The van der Waals surface area contributed by atoms with Gasteiger partial charge in [-0.15, -0.1) is 0 Å². The van der Waals surface area contributed by atoms with Crippen molar-refractivity contribution in [3.05, 3.63) is 40.3 Å². The molecule has 23 heavy (non-hydrogen) atoms. The van der Waals surface area contributed by atoms with Crippen molar-refractivity contribution in [1.29, 1.82) is 5.26 Å². The van der Waals surface area contributed by atoms with Gasteiger partial charge in [0, 0.05) is 24.1 Å². The van der Waals surface area contributed by atoms with Crippen LogP contribution in [0.5, 0.6) is 5.88 Å². The second-order valence-corrected chi connectivity index (χ2v) is 5.17. The summed E-state index contributed by atoms with van der Waals surface area (Å²) in [6.07, 6.45) is 0. The molecule has 120 valence electrons. The van der Waals surface area contributed by atoms with Crippen LogP contribution < -0.4 is 4.74 Å². The van der Waals surface area contributed by atoms with E-state index in [0.29, 0.717) is 11.3 Å². The van der Waals surface area contributed by atoms with Crippen LogP contribution in [-0.2, 0) is 11.3 Å². The van der Waals surface area contributed by atoms with E-state index in [2.05, 4.69) is 16.2 Å². The third kappa shape index (κ3) is 3.73. The summed E-state index contributed by atoms with van der Waals surface area (Å²) in [5.41, 5.74) is 3.12. The molecule has 2 aromatic heterocycles. The van der Waals surface area contributed by atoms with Crippen LogP contribution in [0.15, 0.2) is 12.1 Å². The lowest BCUT2D eigenvalue weighted by molar-refractivity contribution is 0.0814. The SMILES string of the molecule is COCc1cc(C)nc(OCC(=O)n2nc(C)cc2C)c1C#N. The zero-order valence-electron chi connectivity index (χ0n) is 13.6. The number of carbonyl (C=O) groups is 1. The minimum atomic E-state index is -0.323. The summed E-state index contributed by atoms with van der Waals surface area (Å²) in [5, 5.41) is 13.4. The van der Waals surface area contributed by atoms with Gasteiger partial charge >= 0.3 is 0 Å². The molecule has 7 heteroatoms. The van der Waals surface area contributed by atoms with E-state index in [9.17, 15) is 10.1 Å². The molecular weight excluding hydrogens is 296 g/mol. The Morgan fingerprint density at radius 3 is 2.61 bits per heavy atom. The Morgan fingerprint density at radius 1 is 1.30 bits per heavy atom. The van der Waals surface area contributed by atoms with Gasteiger partial charge in [-0.1, -0.05) is 0 Å². The van der Waals surface area contributed by atoms with E-state index >= 15 is 0 Å². The Bertz CT molecular complexity index is 774. The number of pyridine rings is 1. The van der Waals surface area contributed by atoms with E-state index in [1.165, 1.54) is 4.68 Å². The van der Waals surface area contributed by atoms with Gasteiger partial charge in [0.2, 0.25) is 5.88 Å². The maximum Gasteiger partial charge on any atom is 0.285 e. The number of rotatable bonds is 5. The molecule has 0 unspecified atom stereocenters. The average molecular weight is 314 g/mol. The van der Waals surface area contributed by atoms with Gasteiger partial charge in [-0.25, -0.2) is 9.67 Å². The van der Waals surface area contributed by atoms with E-state index in [4.69, 9.17) is 9.47 Å². The zero-order chi connectivity index (χ0) is 17.0. The summed E-state index contributed by atoms with van der Waals surface area (Å²) in [4.78, 5) is 16.4. The van der Waals surface area contributed by atoms with Gasteiger partial charge in [0.15, 0.2) is 6.61 Å². The smallest absolute Gasteiger partial charge is 0.285 e. The molecule has 0 saturated carbocycles. The Labute approximate surface area is 134 Å². The van der Waals surface area contributed by atoms with Gasteiger partial charge < -0.3 is 9.47 Å². The summed E-state index contributed by atoms with van der Waals surface area (Å²) in [6.45, 7) is 5.41. The fraction of sp³-hybridized carbons (Fsp3) is 0.375. The highest BCUT2D eigenvalue weighted by molar-refractivity contribution is 5.80. The molecule has 0 aliphatic rings. The Morgan fingerprint density at radius 2 is 2.04 bits per heavy atom. The lowest BCUT2D eigenvalue weighted by atomic mass is 10.1. The highest BCUT2D eigenvalue weighted by atomic mass is 16.5. The monoisotopic (exact) mass is 314 g/mol. The largest absolute Gasteiger partial charge is 0.467 e. The van der Waals surface area contributed by atoms with Crippen LogP contribution in [0.1, 0.15) is 33.0 Å². The third-order valence-electron chi connectivity index (χ3n) is 3.19. The molecule has 7 nitrogen and oxygen atoms in total. The van der Waals surface area contributed by atoms with E-state index in [0.717, 1.165) is 11.4 Å². The Hall–Kier alpha value is -2.72. The summed E-state index contributed by atoms with van der Waals surface area (Å²) >= 11 is 0. The van der Waals surface area contributed by atoms with Crippen molar-refractivity contribution in [2.75, 3.05) is 13.7 Å². The average Bonchev–Trinajstić information content (AvgIpc) is 2.83. The first-order valence-electron chi connectivity index (χ1n) is 7.05. The topological polar surface area (TPSA) is 90.0 Å². The Balaban J connectivity index is 2.22. The highest BCUT2D eigenvalue weighted by Gasteiger charge is 2.16. The number of aromatic nitrogens is 3. The van der Waals surface area contributed by atoms with E-state index in [-0.39, 0.29) is 30.6 Å². The van der Waals surface area contributed by atoms with Crippen LogP contribution in [-0.4, -0.2) is 34.4 Å². The van der Waals surface area contributed by atoms with Gasteiger partial charge in [0.25, 0.3) is 5.91 Å². The number of hydrogen-bond donors (Lipinski definition) is 0. The lowest BCUT2D eigenvalue weighted by Gasteiger charge is -2.11. The highest BCUT2D eigenvalue weighted by Crippen LogP contribution is 2.21. The predicted molar refractivity (Wildman–Crippen MR) is 82.2 cm³/mol. The molecule has 0 saturated heterocycles. The number of nitriles is 1. The fourth-order valence-electron chi connectivity index (χ4n) is 2.28. The summed E-state index contributed by atoms with van der Waals surface area (Å²) in [6, 6.07) is 5.62. The standard InChI is InChI=1S/C16H18N4O3/c1-10-6-13(8-22-4)14(7-17)16(18-10)23-9-15(21)20-12(3)5-11(2)19-20/h5-6H,8-9H2,1-4H3. The van der Waals surface area contributed by atoms with Crippen molar-refractivity contribution < 1.29 is 14.3 Å². The molecule has 0 amide bonds. The molecule has 0 aliphatic heterocycles. The maximum atomic E-state index is 12.2. The molecule has 2 heterocycles. The minimum Gasteiger partial charge on any atom is -0.467 e. The van der Waals surface area contributed by atoms with Crippen molar-refractivity contribution in [3.63, 3.8) is 0 Å². The molecule has 0 N–H and O–H groups in total. The summed E-state index contributed by atoms with van der Waals surface area (Å²) < 4.78 is 11.8. The van der Waals surface area contributed by atoms with Crippen LogP contribution in [0.2, 0.25) is 0 Å². The number of nitrogens with zero attached hydrogens (tertiary/aromatic N) is 4. The maximum absolute atomic E-state index is 12.2. The molecule has 0 aromatic carbocycles. The number of carbonyl (C=O) groups excluding carboxylic acids is 1. The van der Waals surface area contributed by atoms with Crippen LogP contribution in [0.3, 0.4) is 0 Å². The molecule has 0 fully saturated rings. The molecule has 2 aromatic rings. The van der Waals surface area contributed by atoms with Crippen LogP contribution in [0.25, 0.3) is 0 Å². The van der Waals surface area contributed by atoms with E-state index < -0.39 is 0 Å².